The molecule has 0 unspecified atom stereocenters. The Kier molecular flexibility index (Phi) is 9.61. The van der Waals surface area contributed by atoms with Crippen LogP contribution in [0.25, 0.3) is 0 Å². The Balaban J connectivity index is 1.49. The number of rotatable bonds is 11. The SMILES string of the molecule is CC(=O)N[C@H]1[C@@H](OCc2ccccc2)O[C@H](COCc2ccccc2)[C@@H](O)[C@@H]1OCc1ccccc1. The van der Waals surface area contributed by atoms with Crippen LogP contribution in [0.1, 0.15) is 23.6 Å². The third-order valence-corrected chi connectivity index (χ3v) is 5.98. The summed E-state index contributed by atoms with van der Waals surface area (Å²) in [5.74, 6) is -0.267. The minimum atomic E-state index is -1.04. The molecule has 2 N–H and O–H groups in total. The Labute approximate surface area is 212 Å². The predicted octanol–water partition coefficient (Wildman–Crippen LogP) is 3.60. The maximum atomic E-state index is 12.1. The standard InChI is InChI=1S/C29H33NO6/c1-21(31)30-26-28(34-18-23-13-7-3-8-14-23)27(32)25(20-33-17-22-11-5-2-6-12-22)36-29(26)35-19-24-15-9-4-10-16-24/h2-16,25-29,32H,17-20H2,1H3,(H,30,31)/t25-,26-,27-,28-,29+/m1/s1. The Bertz CT molecular complexity index is 1050. The second kappa shape index (κ2) is 13.3. The largest absolute Gasteiger partial charge is 0.388 e. The van der Waals surface area contributed by atoms with E-state index in [-0.39, 0.29) is 25.7 Å². The zero-order valence-electron chi connectivity index (χ0n) is 20.4. The molecule has 0 aromatic heterocycles. The van der Waals surface area contributed by atoms with E-state index in [1.807, 2.05) is 91.0 Å². The lowest BCUT2D eigenvalue weighted by Gasteiger charge is -2.44. The summed E-state index contributed by atoms with van der Waals surface area (Å²) in [5.41, 5.74) is 2.94. The lowest BCUT2D eigenvalue weighted by Crippen LogP contribution is -2.65. The molecule has 1 heterocycles. The summed E-state index contributed by atoms with van der Waals surface area (Å²) < 4.78 is 24.4. The molecule has 4 rings (SSSR count). The maximum Gasteiger partial charge on any atom is 0.217 e. The number of hydrogen-bond donors (Lipinski definition) is 2. The summed E-state index contributed by atoms with van der Waals surface area (Å²) in [6, 6.07) is 28.5. The Morgan fingerprint density at radius 3 is 1.83 bits per heavy atom. The Morgan fingerprint density at radius 2 is 1.31 bits per heavy atom. The monoisotopic (exact) mass is 491 g/mol. The van der Waals surface area contributed by atoms with Gasteiger partial charge < -0.3 is 29.4 Å². The molecule has 36 heavy (non-hydrogen) atoms. The van der Waals surface area contributed by atoms with Crippen molar-refractivity contribution in [1.82, 2.24) is 5.32 Å². The van der Waals surface area contributed by atoms with Crippen LogP contribution in [0.15, 0.2) is 91.0 Å². The number of benzene rings is 3. The zero-order valence-corrected chi connectivity index (χ0v) is 20.4. The van der Waals surface area contributed by atoms with Gasteiger partial charge in [-0.25, -0.2) is 0 Å². The van der Waals surface area contributed by atoms with E-state index in [1.165, 1.54) is 6.92 Å². The maximum absolute atomic E-state index is 12.1. The van der Waals surface area contributed by atoms with Crippen LogP contribution in [0.5, 0.6) is 0 Å². The van der Waals surface area contributed by atoms with Gasteiger partial charge in [-0.3, -0.25) is 4.79 Å². The van der Waals surface area contributed by atoms with Crippen LogP contribution < -0.4 is 5.32 Å². The third kappa shape index (κ3) is 7.46. The molecule has 3 aromatic carbocycles. The quantitative estimate of drug-likeness (QED) is 0.426. The van der Waals surface area contributed by atoms with Gasteiger partial charge in [0.25, 0.3) is 0 Å². The number of carbonyl (C=O) groups is 1. The van der Waals surface area contributed by atoms with Crippen LogP contribution in [0.3, 0.4) is 0 Å². The lowest BCUT2D eigenvalue weighted by atomic mass is 9.96. The summed E-state index contributed by atoms with van der Waals surface area (Å²) in [6.07, 6.45) is -3.37. The van der Waals surface area contributed by atoms with Crippen molar-refractivity contribution in [3.8, 4) is 0 Å². The molecule has 1 aliphatic rings. The van der Waals surface area contributed by atoms with Gasteiger partial charge >= 0.3 is 0 Å². The molecule has 1 saturated heterocycles. The van der Waals surface area contributed by atoms with Crippen molar-refractivity contribution in [3.05, 3.63) is 108 Å². The molecular formula is C29H33NO6. The summed E-state index contributed by atoms with van der Waals surface area (Å²) in [7, 11) is 0. The summed E-state index contributed by atoms with van der Waals surface area (Å²) in [6.45, 7) is 2.49. The number of aliphatic hydroxyl groups excluding tert-OH is 1. The minimum Gasteiger partial charge on any atom is -0.388 e. The molecule has 7 nitrogen and oxygen atoms in total. The van der Waals surface area contributed by atoms with Gasteiger partial charge in [0.15, 0.2) is 6.29 Å². The molecule has 1 fully saturated rings. The van der Waals surface area contributed by atoms with E-state index in [4.69, 9.17) is 18.9 Å². The highest BCUT2D eigenvalue weighted by atomic mass is 16.7. The van der Waals surface area contributed by atoms with Crippen molar-refractivity contribution >= 4 is 5.91 Å². The van der Waals surface area contributed by atoms with Gasteiger partial charge in [-0.2, -0.15) is 0 Å². The molecule has 7 heteroatoms. The Hall–Kier alpha value is -3.07. The van der Waals surface area contributed by atoms with E-state index in [1.54, 1.807) is 0 Å². The highest BCUT2D eigenvalue weighted by Crippen LogP contribution is 2.27. The molecule has 1 amide bonds. The van der Waals surface area contributed by atoms with Crippen LogP contribution in [0.2, 0.25) is 0 Å². The van der Waals surface area contributed by atoms with Crippen LogP contribution >= 0.6 is 0 Å². The molecule has 5 atom stereocenters. The van der Waals surface area contributed by atoms with Crippen molar-refractivity contribution in [3.63, 3.8) is 0 Å². The highest BCUT2D eigenvalue weighted by molar-refractivity contribution is 5.73. The van der Waals surface area contributed by atoms with Gasteiger partial charge in [0.2, 0.25) is 5.91 Å². The van der Waals surface area contributed by atoms with Crippen molar-refractivity contribution < 1.29 is 28.8 Å². The van der Waals surface area contributed by atoms with E-state index in [0.717, 1.165) is 16.7 Å². The van der Waals surface area contributed by atoms with Gasteiger partial charge in [-0.05, 0) is 16.7 Å². The topological polar surface area (TPSA) is 86.3 Å². The average molecular weight is 492 g/mol. The van der Waals surface area contributed by atoms with Crippen molar-refractivity contribution in [2.45, 2.75) is 57.4 Å². The first-order chi connectivity index (χ1) is 17.6. The number of ether oxygens (including phenoxy) is 4. The van der Waals surface area contributed by atoms with Gasteiger partial charge in [0.1, 0.15) is 24.4 Å². The smallest absolute Gasteiger partial charge is 0.217 e. The van der Waals surface area contributed by atoms with E-state index in [0.29, 0.717) is 6.61 Å². The summed E-state index contributed by atoms with van der Waals surface area (Å²) in [4.78, 5) is 12.1. The molecule has 0 saturated carbocycles. The average Bonchev–Trinajstić information content (AvgIpc) is 2.90. The summed E-state index contributed by atoms with van der Waals surface area (Å²) in [5, 5.41) is 14.1. The highest BCUT2D eigenvalue weighted by Gasteiger charge is 2.47. The van der Waals surface area contributed by atoms with Crippen LogP contribution in [-0.2, 0) is 43.6 Å². The number of hydrogen-bond acceptors (Lipinski definition) is 6. The fraction of sp³-hybridized carbons (Fsp3) is 0.345. The number of amides is 1. The third-order valence-electron chi connectivity index (χ3n) is 5.98. The van der Waals surface area contributed by atoms with Gasteiger partial charge in [-0.1, -0.05) is 91.0 Å². The van der Waals surface area contributed by atoms with Crippen LogP contribution in [0, 0.1) is 0 Å². The van der Waals surface area contributed by atoms with E-state index in [2.05, 4.69) is 5.32 Å². The van der Waals surface area contributed by atoms with E-state index < -0.39 is 30.6 Å². The van der Waals surface area contributed by atoms with E-state index in [9.17, 15) is 9.90 Å². The van der Waals surface area contributed by atoms with Crippen LogP contribution in [0.4, 0.5) is 0 Å². The lowest BCUT2D eigenvalue weighted by molar-refractivity contribution is -0.284. The van der Waals surface area contributed by atoms with E-state index >= 15 is 0 Å². The fourth-order valence-electron chi connectivity index (χ4n) is 4.17. The fourth-order valence-corrected chi connectivity index (χ4v) is 4.17. The van der Waals surface area contributed by atoms with Crippen LogP contribution in [-0.4, -0.2) is 48.3 Å². The molecule has 3 aromatic rings. The van der Waals surface area contributed by atoms with Crippen molar-refractivity contribution in [1.29, 1.82) is 0 Å². The first-order valence-corrected chi connectivity index (χ1v) is 12.1. The van der Waals surface area contributed by atoms with Gasteiger partial charge in [0.05, 0.1) is 26.4 Å². The Morgan fingerprint density at radius 1 is 0.806 bits per heavy atom. The molecular weight excluding hydrogens is 458 g/mol. The normalized spacial score (nSPS) is 23.8. The second-order valence-electron chi connectivity index (χ2n) is 8.82. The van der Waals surface area contributed by atoms with Crippen molar-refractivity contribution in [2.24, 2.45) is 0 Å². The number of nitrogens with one attached hydrogen (secondary N) is 1. The first-order valence-electron chi connectivity index (χ1n) is 12.1. The minimum absolute atomic E-state index is 0.138. The predicted molar refractivity (Wildman–Crippen MR) is 135 cm³/mol. The number of aliphatic hydroxyl groups is 1. The number of carbonyl (C=O) groups excluding carboxylic acids is 1. The molecule has 0 aliphatic carbocycles. The van der Waals surface area contributed by atoms with Gasteiger partial charge in [-0.15, -0.1) is 0 Å². The summed E-state index contributed by atoms with van der Waals surface area (Å²) >= 11 is 0. The molecule has 0 radical (unpaired) electrons. The molecule has 0 spiro atoms. The molecule has 1 aliphatic heterocycles. The second-order valence-corrected chi connectivity index (χ2v) is 8.82. The molecule has 190 valence electrons. The zero-order chi connectivity index (χ0) is 25.2. The van der Waals surface area contributed by atoms with Gasteiger partial charge in [0, 0.05) is 6.92 Å². The first kappa shape index (κ1) is 26.0. The molecule has 0 bridgehead atoms. The van der Waals surface area contributed by atoms with Crippen molar-refractivity contribution in [2.75, 3.05) is 6.61 Å².